The van der Waals surface area contributed by atoms with Crippen molar-refractivity contribution in [3.63, 3.8) is 0 Å². The van der Waals surface area contributed by atoms with Crippen molar-refractivity contribution in [3.8, 4) is 0 Å². The fraction of sp³-hybridized carbons (Fsp3) is 0.667. The predicted molar refractivity (Wildman–Crippen MR) is 78.9 cm³/mol. The predicted octanol–water partition coefficient (Wildman–Crippen LogP) is 3.29. The van der Waals surface area contributed by atoms with E-state index in [2.05, 4.69) is 52.0 Å². The van der Waals surface area contributed by atoms with Gasteiger partial charge in [-0.15, -0.1) is 0 Å². The second-order valence-corrected chi connectivity index (χ2v) is 7.11. The zero-order chi connectivity index (χ0) is 14.6. The van der Waals surface area contributed by atoms with Crippen LogP contribution in [0, 0.1) is 47.3 Å². The van der Waals surface area contributed by atoms with Crippen LogP contribution in [0.4, 0.5) is 0 Å². The van der Waals surface area contributed by atoms with E-state index in [1.807, 2.05) is 0 Å². The number of allylic oxidation sites excluding steroid dienone is 4. The summed E-state index contributed by atoms with van der Waals surface area (Å²) in [7, 11) is 0. The van der Waals surface area contributed by atoms with Gasteiger partial charge in [0.2, 0.25) is 0 Å². The minimum Gasteiger partial charge on any atom is -0.299 e. The summed E-state index contributed by atoms with van der Waals surface area (Å²) < 4.78 is 0. The van der Waals surface area contributed by atoms with Gasteiger partial charge in [-0.1, -0.05) is 52.0 Å². The van der Waals surface area contributed by atoms with E-state index in [0.717, 1.165) is 0 Å². The summed E-state index contributed by atoms with van der Waals surface area (Å²) in [5.74, 6) is 1.09. The molecule has 3 rings (SSSR count). The maximum Gasteiger partial charge on any atom is 0.141 e. The Morgan fingerprint density at radius 3 is 0.950 bits per heavy atom. The normalized spacial score (nSPS) is 50.8. The molecular weight excluding hydrogens is 248 g/mol. The average molecular weight is 272 g/mol. The van der Waals surface area contributed by atoms with Gasteiger partial charge in [0.05, 0.1) is 0 Å². The van der Waals surface area contributed by atoms with Crippen LogP contribution in [0.3, 0.4) is 0 Å². The van der Waals surface area contributed by atoms with Gasteiger partial charge in [-0.2, -0.15) is 0 Å². The molecule has 0 radical (unpaired) electrons. The molecule has 2 heteroatoms. The van der Waals surface area contributed by atoms with Crippen molar-refractivity contribution in [2.75, 3.05) is 0 Å². The third kappa shape index (κ3) is 1.77. The SMILES string of the molecule is CC1C=CC(C)C2C(=O)C3C(C)C=CC(C)C3C(=O)C12. The standard InChI is InChI=1S/C18H24O2/c1-9-5-6-10(2)14-13(9)17(19)15-11(3)7-8-12(4)16(15)18(14)20/h5-16H,1-4H3. The second kappa shape index (κ2) is 4.68. The molecule has 3 aliphatic rings. The molecule has 1 saturated carbocycles. The number of ketones is 2. The first-order valence-corrected chi connectivity index (χ1v) is 7.87. The number of carbonyl (C=O) groups excluding carboxylic acids is 2. The maximum atomic E-state index is 13.0. The Morgan fingerprint density at radius 1 is 0.550 bits per heavy atom. The highest BCUT2D eigenvalue weighted by atomic mass is 16.1. The molecule has 20 heavy (non-hydrogen) atoms. The van der Waals surface area contributed by atoms with E-state index >= 15 is 0 Å². The van der Waals surface area contributed by atoms with Crippen LogP contribution < -0.4 is 0 Å². The monoisotopic (exact) mass is 272 g/mol. The molecule has 0 amide bonds. The Morgan fingerprint density at radius 2 is 0.750 bits per heavy atom. The van der Waals surface area contributed by atoms with Crippen LogP contribution in [0.2, 0.25) is 0 Å². The van der Waals surface area contributed by atoms with Crippen molar-refractivity contribution in [1.29, 1.82) is 0 Å². The van der Waals surface area contributed by atoms with Gasteiger partial charge < -0.3 is 0 Å². The maximum absolute atomic E-state index is 13.0. The molecular formula is C18H24O2. The lowest BCUT2D eigenvalue weighted by Gasteiger charge is -2.48. The number of carbonyl (C=O) groups is 2. The lowest BCUT2D eigenvalue weighted by molar-refractivity contribution is -0.154. The van der Waals surface area contributed by atoms with Gasteiger partial charge in [0.15, 0.2) is 0 Å². The number of Topliss-reactive ketones (excluding diaryl/α,β-unsaturated/α-hetero) is 2. The highest BCUT2D eigenvalue weighted by molar-refractivity contribution is 6.01. The smallest absolute Gasteiger partial charge is 0.141 e. The van der Waals surface area contributed by atoms with Crippen molar-refractivity contribution in [3.05, 3.63) is 24.3 Å². The van der Waals surface area contributed by atoms with Gasteiger partial charge in [0.1, 0.15) is 11.6 Å². The molecule has 0 spiro atoms. The first-order valence-electron chi connectivity index (χ1n) is 7.87. The number of fused-ring (bicyclic) bond motifs is 2. The van der Waals surface area contributed by atoms with Crippen molar-refractivity contribution < 1.29 is 9.59 Å². The summed E-state index contributed by atoms with van der Waals surface area (Å²) in [6.45, 7) is 8.33. The zero-order valence-corrected chi connectivity index (χ0v) is 12.7. The first-order chi connectivity index (χ1) is 9.43. The summed E-state index contributed by atoms with van der Waals surface area (Å²) in [5, 5.41) is 0. The molecule has 8 unspecified atom stereocenters. The number of hydrogen-bond acceptors (Lipinski definition) is 2. The third-order valence-corrected chi connectivity index (χ3v) is 5.79. The molecule has 0 aromatic heterocycles. The minimum atomic E-state index is -0.0927. The fourth-order valence-corrected chi connectivity index (χ4v) is 4.68. The van der Waals surface area contributed by atoms with Gasteiger partial charge in [-0.05, 0) is 23.7 Å². The van der Waals surface area contributed by atoms with E-state index < -0.39 is 0 Å². The fourth-order valence-electron chi connectivity index (χ4n) is 4.68. The summed E-state index contributed by atoms with van der Waals surface area (Å²) in [6.07, 6.45) is 8.52. The van der Waals surface area contributed by atoms with Gasteiger partial charge in [-0.3, -0.25) is 9.59 Å². The van der Waals surface area contributed by atoms with E-state index in [9.17, 15) is 9.59 Å². The molecule has 108 valence electrons. The molecule has 0 aliphatic heterocycles. The van der Waals surface area contributed by atoms with Crippen molar-refractivity contribution in [1.82, 2.24) is 0 Å². The Balaban J connectivity index is 2.07. The molecule has 0 aromatic rings. The van der Waals surface area contributed by atoms with Gasteiger partial charge in [-0.25, -0.2) is 0 Å². The Kier molecular flexibility index (Phi) is 3.23. The zero-order valence-electron chi connectivity index (χ0n) is 12.7. The van der Waals surface area contributed by atoms with Crippen LogP contribution in [-0.2, 0) is 9.59 Å². The van der Waals surface area contributed by atoms with Crippen molar-refractivity contribution in [2.24, 2.45) is 47.3 Å². The number of rotatable bonds is 0. The lowest BCUT2D eigenvalue weighted by Crippen LogP contribution is -2.56. The molecule has 0 saturated heterocycles. The summed E-state index contributed by atoms with van der Waals surface area (Å²) in [4.78, 5) is 26.1. The Hall–Kier alpha value is -1.18. The van der Waals surface area contributed by atoms with Gasteiger partial charge in [0, 0.05) is 23.7 Å². The molecule has 1 fully saturated rings. The minimum absolute atomic E-state index is 0.0927. The Labute approximate surface area is 121 Å². The van der Waals surface area contributed by atoms with Crippen LogP contribution in [0.1, 0.15) is 27.7 Å². The van der Waals surface area contributed by atoms with Crippen LogP contribution >= 0.6 is 0 Å². The van der Waals surface area contributed by atoms with Crippen molar-refractivity contribution >= 4 is 11.6 Å². The highest BCUT2D eigenvalue weighted by Gasteiger charge is 2.55. The molecule has 0 bridgehead atoms. The van der Waals surface area contributed by atoms with E-state index in [1.54, 1.807) is 0 Å². The first kappa shape index (κ1) is 13.8. The summed E-state index contributed by atoms with van der Waals surface area (Å²) >= 11 is 0. The summed E-state index contributed by atoms with van der Waals surface area (Å²) in [5.41, 5.74) is 0. The van der Waals surface area contributed by atoms with Crippen LogP contribution in [0.25, 0.3) is 0 Å². The number of hydrogen-bond donors (Lipinski definition) is 0. The van der Waals surface area contributed by atoms with E-state index in [1.165, 1.54) is 0 Å². The topological polar surface area (TPSA) is 34.1 Å². The second-order valence-electron chi connectivity index (χ2n) is 7.11. The molecule has 0 aromatic carbocycles. The van der Waals surface area contributed by atoms with Crippen LogP contribution in [0.5, 0.6) is 0 Å². The van der Waals surface area contributed by atoms with Gasteiger partial charge in [0.25, 0.3) is 0 Å². The lowest BCUT2D eigenvalue weighted by atomic mass is 9.53. The quantitative estimate of drug-likeness (QED) is 0.634. The molecule has 0 N–H and O–H groups in total. The molecule has 3 aliphatic carbocycles. The highest BCUT2D eigenvalue weighted by Crippen LogP contribution is 2.49. The molecule has 2 nitrogen and oxygen atoms in total. The average Bonchev–Trinajstić information content (AvgIpc) is 2.41. The van der Waals surface area contributed by atoms with Crippen LogP contribution in [-0.4, -0.2) is 11.6 Å². The third-order valence-electron chi connectivity index (χ3n) is 5.79. The summed E-state index contributed by atoms with van der Waals surface area (Å²) in [6, 6.07) is 0. The van der Waals surface area contributed by atoms with Crippen LogP contribution in [0.15, 0.2) is 24.3 Å². The van der Waals surface area contributed by atoms with E-state index in [-0.39, 0.29) is 47.3 Å². The van der Waals surface area contributed by atoms with Gasteiger partial charge >= 0.3 is 0 Å². The Bertz CT molecular complexity index is 416. The molecule has 0 heterocycles. The van der Waals surface area contributed by atoms with Crippen molar-refractivity contribution in [2.45, 2.75) is 27.7 Å². The van der Waals surface area contributed by atoms with E-state index in [0.29, 0.717) is 11.6 Å². The molecule has 8 atom stereocenters. The largest absolute Gasteiger partial charge is 0.299 e. The van der Waals surface area contributed by atoms with E-state index in [4.69, 9.17) is 0 Å².